The predicted molar refractivity (Wildman–Crippen MR) is 78.9 cm³/mol. The number of hydrogen-bond donors (Lipinski definition) is 2. The van der Waals surface area contributed by atoms with Gasteiger partial charge in [0.15, 0.2) is 5.76 Å². The van der Waals surface area contributed by atoms with Crippen LogP contribution in [0.3, 0.4) is 0 Å². The van der Waals surface area contributed by atoms with Crippen LogP contribution < -0.4 is 10.6 Å². The van der Waals surface area contributed by atoms with Crippen molar-refractivity contribution in [2.45, 2.75) is 38.8 Å². The fraction of sp³-hybridized carbons (Fsp3) is 0.600. The van der Waals surface area contributed by atoms with Crippen LogP contribution in [0.2, 0.25) is 0 Å². The van der Waals surface area contributed by atoms with Crippen LogP contribution in [0.4, 0.5) is 0 Å². The molecular weight excluding hydrogens is 270 g/mol. The molecular formula is C15H23N3O3. The molecule has 1 aliphatic rings. The number of nitrogens with zero attached hydrogens (tertiary/aromatic N) is 1. The summed E-state index contributed by atoms with van der Waals surface area (Å²) in [6, 6.07) is 3.03. The first-order valence-electron chi connectivity index (χ1n) is 7.48. The number of amides is 2. The smallest absolute Gasteiger partial charge is 0.287 e. The Hall–Kier alpha value is -1.82. The minimum atomic E-state index is -0.584. The summed E-state index contributed by atoms with van der Waals surface area (Å²) in [6.45, 7) is 6.54. The molecule has 2 N–H and O–H groups in total. The minimum Gasteiger partial charge on any atom is -0.459 e. The van der Waals surface area contributed by atoms with Crippen molar-refractivity contribution in [3.63, 3.8) is 0 Å². The number of likely N-dealkylation sites (N-methyl/N-ethyl adjacent to an activating group) is 1. The number of nitrogens with one attached hydrogen (secondary N) is 2. The van der Waals surface area contributed by atoms with Crippen LogP contribution in [0.25, 0.3) is 0 Å². The molecule has 6 heteroatoms. The highest BCUT2D eigenvalue weighted by atomic mass is 16.3. The lowest BCUT2D eigenvalue weighted by atomic mass is 10.2. The first-order valence-corrected chi connectivity index (χ1v) is 7.48. The van der Waals surface area contributed by atoms with Gasteiger partial charge in [-0.05, 0) is 45.0 Å². The van der Waals surface area contributed by atoms with Crippen molar-refractivity contribution in [2.75, 3.05) is 19.6 Å². The molecule has 0 spiro atoms. The lowest BCUT2D eigenvalue weighted by Gasteiger charge is -2.23. The van der Waals surface area contributed by atoms with E-state index in [0.29, 0.717) is 12.6 Å². The van der Waals surface area contributed by atoms with Gasteiger partial charge in [-0.25, -0.2) is 0 Å². The second kappa shape index (κ2) is 7.26. The van der Waals surface area contributed by atoms with E-state index in [2.05, 4.69) is 22.5 Å². The molecule has 0 aromatic carbocycles. The molecule has 2 amide bonds. The number of carbonyl (C=O) groups is 2. The van der Waals surface area contributed by atoms with E-state index in [4.69, 9.17) is 4.42 Å². The molecule has 1 aromatic rings. The Morgan fingerprint density at radius 2 is 2.33 bits per heavy atom. The number of carbonyl (C=O) groups excluding carboxylic acids is 2. The van der Waals surface area contributed by atoms with E-state index in [1.54, 1.807) is 19.1 Å². The molecule has 1 aromatic heterocycles. The molecule has 0 saturated carbocycles. The number of furan rings is 1. The zero-order chi connectivity index (χ0) is 15.2. The monoisotopic (exact) mass is 293 g/mol. The summed E-state index contributed by atoms with van der Waals surface area (Å²) in [6.07, 6.45) is 3.72. The van der Waals surface area contributed by atoms with Crippen molar-refractivity contribution < 1.29 is 14.0 Å². The van der Waals surface area contributed by atoms with Crippen LogP contribution in [0, 0.1) is 0 Å². The summed E-state index contributed by atoms with van der Waals surface area (Å²) in [5.41, 5.74) is 0. The maximum atomic E-state index is 12.0. The summed E-state index contributed by atoms with van der Waals surface area (Å²) in [4.78, 5) is 26.2. The molecule has 21 heavy (non-hydrogen) atoms. The van der Waals surface area contributed by atoms with E-state index in [1.165, 1.54) is 12.7 Å². The van der Waals surface area contributed by atoms with Crippen molar-refractivity contribution in [1.82, 2.24) is 15.5 Å². The largest absolute Gasteiger partial charge is 0.459 e. The lowest BCUT2D eigenvalue weighted by molar-refractivity contribution is -0.122. The Bertz CT molecular complexity index is 473. The molecule has 0 bridgehead atoms. The van der Waals surface area contributed by atoms with Crippen molar-refractivity contribution >= 4 is 11.8 Å². The van der Waals surface area contributed by atoms with Gasteiger partial charge in [0.05, 0.1) is 6.26 Å². The summed E-state index contributed by atoms with van der Waals surface area (Å²) in [5.74, 6) is -0.334. The molecule has 2 unspecified atom stereocenters. The van der Waals surface area contributed by atoms with Crippen LogP contribution in [0.5, 0.6) is 0 Å². The van der Waals surface area contributed by atoms with E-state index in [0.717, 1.165) is 19.5 Å². The van der Waals surface area contributed by atoms with E-state index in [9.17, 15) is 9.59 Å². The van der Waals surface area contributed by atoms with E-state index >= 15 is 0 Å². The van der Waals surface area contributed by atoms with Gasteiger partial charge in [-0.15, -0.1) is 0 Å². The van der Waals surface area contributed by atoms with Crippen LogP contribution in [0.1, 0.15) is 37.2 Å². The fourth-order valence-electron chi connectivity index (χ4n) is 2.66. The standard InChI is InChI=1S/C15H23N3O3/c1-3-18-8-4-6-12(18)10-16-14(19)11(2)17-15(20)13-7-5-9-21-13/h5,7,9,11-12H,3-4,6,8,10H2,1-2H3,(H,16,19)(H,17,20). The van der Waals surface area contributed by atoms with E-state index < -0.39 is 6.04 Å². The van der Waals surface area contributed by atoms with Gasteiger partial charge in [-0.3, -0.25) is 14.5 Å². The number of likely N-dealkylation sites (tertiary alicyclic amines) is 1. The quantitative estimate of drug-likeness (QED) is 0.820. The highest BCUT2D eigenvalue weighted by molar-refractivity contribution is 5.95. The van der Waals surface area contributed by atoms with Crippen LogP contribution in [0.15, 0.2) is 22.8 Å². The Kier molecular flexibility index (Phi) is 5.38. The summed E-state index contributed by atoms with van der Waals surface area (Å²) < 4.78 is 5.00. The van der Waals surface area contributed by atoms with Crippen molar-refractivity contribution in [3.05, 3.63) is 24.2 Å². The minimum absolute atomic E-state index is 0.169. The summed E-state index contributed by atoms with van der Waals surface area (Å²) >= 11 is 0. The second-order valence-electron chi connectivity index (χ2n) is 5.34. The van der Waals surface area contributed by atoms with E-state index in [1.807, 2.05) is 0 Å². The topological polar surface area (TPSA) is 74.6 Å². The first-order chi connectivity index (χ1) is 10.1. The summed E-state index contributed by atoms with van der Waals surface area (Å²) in [7, 11) is 0. The average Bonchev–Trinajstić information content (AvgIpc) is 3.15. The zero-order valence-electron chi connectivity index (χ0n) is 12.6. The van der Waals surface area contributed by atoms with Crippen molar-refractivity contribution in [3.8, 4) is 0 Å². The first kappa shape index (κ1) is 15.6. The second-order valence-corrected chi connectivity index (χ2v) is 5.34. The van der Waals surface area contributed by atoms with Crippen molar-refractivity contribution in [1.29, 1.82) is 0 Å². The molecule has 1 saturated heterocycles. The zero-order valence-corrected chi connectivity index (χ0v) is 12.6. The van der Waals surface area contributed by atoms with Gasteiger partial charge >= 0.3 is 0 Å². The Morgan fingerprint density at radius 3 is 3.00 bits per heavy atom. The van der Waals surface area contributed by atoms with Gasteiger partial charge < -0.3 is 15.1 Å². The van der Waals surface area contributed by atoms with Crippen LogP contribution in [-0.4, -0.2) is 48.4 Å². The Morgan fingerprint density at radius 1 is 1.52 bits per heavy atom. The number of rotatable bonds is 6. The fourth-order valence-corrected chi connectivity index (χ4v) is 2.66. The molecule has 0 aliphatic carbocycles. The van der Waals surface area contributed by atoms with E-state index in [-0.39, 0.29) is 17.6 Å². The maximum absolute atomic E-state index is 12.0. The molecule has 0 radical (unpaired) electrons. The van der Waals surface area contributed by atoms with Gasteiger partial charge in [-0.1, -0.05) is 6.92 Å². The lowest BCUT2D eigenvalue weighted by Crippen LogP contribution is -2.48. The van der Waals surface area contributed by atoms with Gasteiger partial charge in [0.25, 0.3) is 5.91 Å². The van der Waals surface area contributed by atoms with Crippen LogP contribution in [-0.2, 0) is 4.79 Å². The Balaban J connectivity index is 1.76. The third kappa shape index (κ3) is 4.07. The highest BCUT2D eigenvalue weighted by Crippen LogP contribution is 2.15. The third-order valence-corrected chi connectivity index (χ3v) is 3.90. The van der Waals surface area contributed by atoms with Gasteiger partial charge in [-0.2, -0.15) is 0 Å². The van der Waals surface area contributed by atoms with Gasteiger partial charge in [0, 0.05) is 12.6 Å². The van der Waals surface area contributed by atoms with Crippen LogP contribution >= 0.6 is 0 Å². The molecule has 1 aliphatic heterocycles. The summed E-state index contributed by atoms with van der Waals surface area (Å²) in [5, 5.41) is 5.54. The van der Waals surface area contributed by atoms with Crippen molar-refractivity contribution in [2.24, 2.45) is 0 Å². The molecule has 2 heterocycles. The predicted octanol–water partition coefficient (Wildman–Crippen LogP) is 0.998. The normalized spacial score (nSPS) is 20.2. The highest BCUT2D eigenvalue weighted by Gasteiger charge is 2.24. The maximum Gasteiger partial charge on any atom is 0.287 e. The Labute approximate surface area is 124 Å². The van der Waals surface area contributed by atoms with Gasteiger partial charge in [0.2, 0.25) is 5.91 Å². The third-order valence-electron chi connectivity index (χ3n) is 3.90. The molecule has 6 nitrogen and oxygen atoms in total. The van der Waals surface area contributed by atoms with Gasteiger partial charge in [0.1, 0.15) is 6.04 Å². The molecule has 2 atom stereocenters. The molecule has 2 rings (SSSR count). The average molecular weight is 293 g/mol. The molecule has 116 valence electrons. The SMILES string of the molecule is CCN1CCCC1CNC(=O)C(C)NC(=O)c1ccco1. The number of hydrogen-bond acceptors (Lipinski definition) is 4. The molecule has 1 fully saturated rings.